The SMILES string of the molecule is Cc1c(CNCCN)sc2c1c(=O)n(CC(C)C)c(=O)n2CCCF. The number of thiophene rings is 1. The van der Waals surface area contributed by atoms with Crippen molar-refractivity contribution in [3.63, 3.8) is 0 Å². The third-order valence-corrected chi connectivity index (χ3v) is 5.38. The molecule has 0 spiro atoms. The van der Waals surface area contributed by atoms with Gasteiger partial charge in [0.1, 0.15) is 4.83 Å². The van der Waals surface area contributed by atoms with Crippen LogP contribution in [0.3, 0.4) is 0 Å². The van der Waals surface area contributed by atoms with Crippen LogP contribution >= 0.6 is 11.3 Å². The molecule has 2 aromatic heterocycles. The number of halogens is 1. The van der Waals surface area contributed by atoms with Gasteiger partial charge in [0.25, 0.3) is 5.56 Å². The van der Waals surface area contributed by atoms with Gasteiger partial charge in [-0.3, -0.25) is 18.3 Å². The lowest BCUT2D eigenvalue weighted by Crippen LogP contribution is -2.41. The van der Waals surface area contributed by atoms with Crippen LogP contribution in [-0.2, 0) is 19.6 Å². The van der Waals surface area contributed by atoms with Crippen molar-refractivity contribution in [2.24, 2.45) is 11.7 Å². The van der Waals surface area contributed by atoms with Gasteiger partial charge >= 0.3 is 5.69 Å². The molecule has 0 radical (unpaired) electrons. The number of nitrogens with zero attached hydrogens (tertiary/aromatic N) is 2. The van der Waals surface area contributed by atoms with E-state index in [1.807, 2.05) is 20.8 Å². The molecule has 0 aliphatic carbocycles. The number of aromatic nitrogens is 2. The monoisotopic (exact) mass is 370 g/mol. The van der Waals surface area contributed by atoms with Crippen molar-refractivity contribution in [1.82, 2.24) is 14.5 Å². The number of alkyl halides is 1. The molecule has 2 rings (SSSR count). The largest absolute Gasteiger partial charge is 0.332 e. The Morgan fingerprint density at radius 1 is 1.28 bits per heavy atom. The number of rotatable bonds is 9. The van der Waals surface area contributed by atoms with Crippen LogP contribution in [0.4, 0.5) is 4.39 Å². The summed E-state index contributed by atoms with van der Waals surface area (Å²) in [5, 5.41) is 3.80. The van der Waals surface area contributed by atoms with Crippen LogP contribution in [0, 0.1) is 12.8 Å². The van der Waals surface area contributed by atoms with Crippen molar-refractivity contribution in [3.05, 3.63) is 31.3 Å². The molecule has 2 aromatic rings. The van der Waals surface area contributed by atoms with Gasteiger partial charge in [-0.15, -0.1) is 11.3 Å². The fourth-order valence-electron chi connectivity index (χ4n) is 2.85. The first kappa shape index (κ1) is 19.8. The van der Waals surface area contributed by atoms with Crippen LogP contribution in [0.25, 0.3) is 10.2 Å². The van der Waals surface area contributed by atoms with E-state index >= 15 is 0 Å². The number of nitrogens with one attached hydrogen (secondary N) is 1. The molecule has 0 fully saturated rings. The average Bonchev–Trinajstić information content (AvgIpc) is 2.88. The van der Waals surface area contributed by atoms with Gasteiger partial charge in [0, 0.05) is 37.6 Å². The lowest BCUT2D eigenvalue weighted by Gasteiger charge is -2.13. The van der Waals surface area contributed by atoms with Gasteiger partial charge in [0.05, 0.1) is 12.1 Å². The summed E-state index contributed by atoms with van der Waals surface area (Å²) in [7, 11) is 0. The molecule has 8 heteroatoms. The Bertz CT molecular complexity index is 838. The van der Waals surface area contributed by atoms with E-state index in [0.29, 0.717) is 36.4 Å². The number of fused-ring (bicyclic) bond motifs is 1. The zero-order chi connectivity index (χ0) is 18.6. The topological polar surface area (TPSA) is 82.1 Å². The van der Waals surface area contributed by atoms with Gasteiger partial charge in [-0.2, -0.15) is 0 Å². The summed E-state index contributed by atoms with van der Waals surface area (Å²) in [6, 6.07) is 0. The fraction of sp³-hybridized carbons (Fsp3) is 0.647. The Balaban J connectivity index is 2.66. The first-order valence-electron chi connectivity index (χ1n) is 8.64. The lowest BCUT2D eigenvalue weighted by atomic mass is 10.2. The second-order valence-corrected chi connectivity index (χ2v) is 7.67. The zero-order valence-electron chi connectivity index (χ0n) is 15.1. The minimum absolute atomic E-state index is 0.169. The average molecular weight is 370 g/mol. The number of hydrogen-bond donors (Lipinski definition) is 2. The predicted molar refractivity (Wildman–Crippen MR) is 101 cm³/mol. The molecule has 0 amide bonds. The standard InChI is InChI=1S/C17H27FN4O2S/c1-11(2)10-22-15(23)14-12(3)13(9-20-7-6-19)25-16(14)21(17(22)24)8-4-5-18/h11,20H,4-10,19H2,1-3H3. The Morgan fingerprint density at radius 3 is 2.60 bits per heavy atom. The first-order valence-corrected chi connectivity index (χ1v) is 9.46. The van der Waals surface area contributed by atoms with Gasteiger partial charge in [-0.05, 0) is 24.8 Å². The van der Waals surface area contributed by atoms with Crippen LogP contribution in [0.5, 0.6) is 0 Å². The minimum Gasteiger partial charge on any atom is -0.329 e. The van der Waals surface area contributed by atoms with Crippen molar-refractivity contribution >= 4 is 21.6 Å². The third kappa shape index (κ3) is 4.19. The Kier molecular flexibility index (Phi) is 6.92. The predicted octanol–water partition coefficient (Wildman–Crippen LogP) is 1.60. The normalized spacial score (nSPS) is 11.8. The van der Waals surface area contributed by atoms with Crippen LogP contribution in [0.1, 0.15) is 30.7 Å². The van der Waals surface area contributed by atoms with Crippen molar-refractivity contribution in [2.75, 3.05) is 19.8 Å². The summed E-state index contributed by atoms with van der Waals surface area (Å²) < 4.78 is 15.5. The van der Waals surface area contributed by atoms with E-state index in [1.54, 1.807) is 4.57 Å². The highest BCUT2D eigenvalue weighted by atomic mass is 32.1. The van der Waals surface area contributed by atoms with E-state index in [-0.39, 0.29) is 30.1 Å². The first-order chi connectivity index (χ1) is 11.9. The molecular weight excluding hydrogens is 343 g/mol. The lowest BCUT2D eigenvalue weighted by molar-refractivity contribution is 0.431. The van der Waals surface area contributed by atoms with Crippen LogP contribution in [0.2, 0.25) is 0 Å². The highest BCUT2D eigenvalue weighted by Gasteiger charge is 2.20. The van der Waals surface area contributed by atoms with Crippen molar-refractivity contribution < 1.29 is 4.39 Å². The maximum Gasteiger partial charge on any atom is 0.332 e. The van der Waals surface area contributed by atoms with E-state index in [0.717, 1.165) is 10.4 Å². The van der Waals surface area contributed by atoms with Crippen molar-refractivity contribution in [2.45, 2.75) is 46.8 Å². The molecular formula is C17H27FN4O2S. The molecule has 0 aliphatic rings. The van der Waals surface area contributed by atoms with Gasteiger partial charge in [-0.1, -0.05) is 13.8 Å². The molecule has 0 atom stereocenters. The van der Waals surface area contributed by atoms with Crippen molar-refractivity contribution in [3.8, 4) is 0 Å². The van der Waals surface area contributed by atoms with Gasteiger partial charge in [0.2, 0.25) is 0 Å². The number of nitrogens with two attached hydrogens (primary N) is 1. The molecule has 140 valence electrons. The van der Waals surface area contributed by atoms with E-state index in [2.05, 4.69) is 5.32 Å². The molecule has 25 heavy (non-hydrogen) atoms. The van der Waals surface area contributed by atoms with E-state index < -0.39 is 6.67 Å². The number of aryl methyl sites for hydroxylation is 2. The van der Waals surface area contributed by atoms with E-state index in [4.69, 9.17) is 5.73 Å². The van der Waals surface area contributed by atoms with Crippen LogP contribution in [0.15, 0.2) is 9.59 Å². The quantitative estimate of drug-likeness (QED) is 0.657. The molecule has 2 heterocycles. The summed E-state index contributed by atoms with van der Waals surface area (Å²) in [5.41, 5.74) is 5.80. The van der Waals surface area contributed by atoms with Crippen molar-refractivity contribution in [1.29, 1.82) is 0 Å². The summed E-state index contributed by atoms with van der Waals surface area (Å²) in [4.78, 5) is 27.4. The van der Waals surface area contributed by atoms with E-state index in [1.165, 1.54) is 15.9 Å². The van der Waals surface area contributed by atoms with Gasteiger partial charge in [0.15, 0.2) is 0 Å². The molecule has 6 nitrogen and oxygen atoms in total. The van der Waals surface area contributed by atoms with Gasteiger partial charge < -0.3 is 11.1 Å². The summed E-state index contributed by atoms with van der Waals surface area (Å²) in [5.74, 6) is 0.169. The third-order valence-electron chi connectivity index (χ3n) is 4.06. The number of hydrogen-bond acceptors (Lipinski definition) is 5. The van der Waals surface area contributed by atoms with Gasteiger partial charge in [-0.25, -0.2) is 4.79 Å². The molecule has 0 saturated heterocycles. The molecule has 3 N–H and O–H groups in total. The second kappa shape index (κ2) is 8.73. The fourth-order valence-corrected chi connectivity index (χ4v) is 4.14. The molecule has 0 unspecified atom stereocenters. The Labute approximate surface area is 150 Å². The van der Waals surface area contributed by atoms with Crippen LogP contribution in [-0.4, -0.2) is 28.9 Å². The maximum atomic E-state index is 12.9. The van der Waals surface area contributed by atoms with Crippen LogP contribution < -0.4 is 22.3 Å². The summed E-state index contributed by atoms with van der Waals surface area (Å²) >= 11 is 1.43. The maximum absolute atomic E-state index is 12.9. The molecule has 0 saturated carbocycles. The molecule has 0 aromatic carbocycles. The molecule has 0 aliphatic heterocycles. The smallest absolute Gasteiger partial charge is 0.329 e. The Morgan fingerprint density at radius 2 is 2.00 bits per heavy atom. The molecule has 0 bridgehead atoms. The highest BCUT2D eigenvalue weighted by molar-refractivity contribution is 7.18. The second-order valence-electron chi connectivity index (χ2n) is 6.58. The Hall–Kier alpha value is -1.51. The summed E-state index contributed by atoms with van der Waals surface area (Å²) in [6.45, 7) is 7.79. The summed E-state index contributed by atoms with van der Waals surface area (Å²) in [6.07, 6.45) is 0.257. The van der Waals surface area contributed by atoms with E-state index in [9.17, 15) is 14.0 Å². The zero-order valence-corrected chi connectivity index (χ0v) is 15.9. The minimum atomic E-state index is -0.494. The highest BCUT2D eigenvalue weighted by Crippen LogP contribution is 2.28.